The van der Waals surface area contributed by atoms with Crippen LogP contribution in [-0.2, 0) is 16.6 Å². The van der Waals surface area contributed by atoms with E-state index in [2.05, 4.69) is 4.72 Å². The van der Waals surface area contributed by atoms with Crippen molar-refractivity contribution in [1.82, 2.24) is 4.90 Å². The fraction of sp³-hybridized carbons (Fsp3) is 0.174. The Morgan fingerprint density at radius 2 is 1.45 bits per heavy atom. The van der Waals surface area contributed by atoms with Crippen LogP contribution in [0.3, 0.4) is 0 Å². The minimum Gasteiger partial charge on any atom is -0.337 e. The summed E-state index contributed by atoms with van der Waals surface area (Å²) in [5, 5.41) is 0. The number of para-hydroxylation sites is 1. The molecule has 6 heteroatoms. The van der Waals surface area contributed by atoms with E-state index in [4.69, 9.17) is 0 Å². The first-order valence-corrected chi connectivity index (χ1v) is 10.7. The standard InChI is InChI=1S/C23H24N2O3S/c1-17-8-4-6-10-20(17)16-25(3)23(26)19-12-14-21(15-13-19)29(27,28)24-22-11-7-5-9-18(22)2/h4-15,24H,16H2,1-3H3. The second kappa shape index (κ2) is 8.49. The number of rotatable bonds is 6. The second-order valence-electron chi connectivity index (χ2n) is 7.03. The molecule has 0 saturated carbocycles. The number of hydrogen-bond acceptors (Lipinski definition) is 3. The molecule has 0 atom stereocenters. The maximum absolute atomic E-state index is 12.7. The Labute approximate surface area is 172 Å². The summed E-state index contributed by atoms with van der Waals surface area (Å²) in [4.78, 5) is 14.5. The summed E-state index contributed by atoms with van der Waals surface area (Å²) in [6.07, 6.45) is 0. The van der Waals surface area contributed by atoms with Gasteiger partial charge in [0.2, 0.25) is 0 Å². The number of carbonyl (C=O) groups is 1. The number of hydrogen-bond donors (Lipinski definition) is 1. The number of aryl methyl sites for hydroxylation is 2. The molecule has 0 aromatic heterocycles. The smallest absolute Gasteiger partial charge is 0.261 e. The summed E-state index contributed by atoms with van der Waals surface area (Å²) in [5.74, 6) is -0.163. The van der Waals surface area contributed by atoms with Crippen molar-refractivity contribution >= 4 is 21.6 Å². The van der Waals surface area contributed by atoms with Crippen LogP contribution >= 0.6 is 0 Å². The van der Waals surface area contributed by atoms with Gasteiger partial charge in [-0.3, -0.25) is 9.52 Å². The Kier molecular flexibility index (Phi) is 6.03. The highest BCUT2D eigenvalue weighted by Crippen LogP contribution is 2.20. The van der Waals surface area contributed by atoms with Crippen LogP contribution in [0, 0.1) is 13.8 Å². The van der Waals surface area contributed by atoms with Gasteiger partial charge >= 0.3 is 0 Å². The van der Waals surface area contributed by atoms with Gasteiger partial charge in [0.25, 0.3) is 15.9 Å². The van der Waals surface area contributed by atoms with Gasteiger partial charge < -0.3 is 4.90 Å². The quantitative estimate of drug-likeness (QED) is 0.658. The van der Waals surface area contributed by atoms with Gasteiger partial charge in [-0.1, -0.05) is 42.5 Å². The lowest BCUT2D eigenvalue weighted by atomic mass is 10.1. The maximum atomic E-state index is 12.7. The van der Waals surface area contributed by atoms with E-state index < -0.39 is 10.0 Å². The molecule has 0 aliphatic heterocycles. The Bertz CT molecular complexity index is 1120. The summed E-state index contributed by atoms with van der Waals surface area (Å²) in [7, 11) is -1.99. The molecule has 3 rings (SSSR count). The first-order valence-electron chi connectivity index (χ1n) is 9.26. The van der Waals surface area contributed by atoms with E-state index in [-0.39, 0.29) is 10.8 Å². The fourth-order valence-electron chi connectivity index (χ4n) is 3.00. The molecule has 3 aromatic rings. The Morgan fingerprint density at radius 3 is 2.07 bits per heavy atom. The topological polar surface area (TPSA) is 66.5 Å². The molecule has 5 nitrogen and oxygen atoms in total. The molecule has 1 N–H and O–H groups in total. The molecule has 0 aliphatic carbocycles. The summed E-state index contributed by atoms with van der Waals surface area (Å²) in [5.41, 5.74) is 4.00. The van der Waals surface area contributed by atoms with Gasteiger partial charge in [-0.25, -0.2) is 8.42 Å². The lowest BCUT2D eigenvalue weighted by Crippen LogP contribution is -2.26. The van der Waals surface area contributed by atoms with E-state index in [0.29, 0.717) is 17.8 Å². The van der Waals surface area contributed by atoms with Crippen molar-refractivity contribution in [1.29, 1.82) is 0 Å². The fourth-order valence-corrected chi connectivity index (χ4v) is 4.13. The monoisotopic (exact) mass is 408 g/mol. The van der Waals surface area contributed by atoms with Crippen LogP contribution in [0.4, 0.5) is 5.69 Å². The van der Waals surface area contributed by atoms with Crippen molar-refractivity contribution < 1.29 is 13.2 Å². The number of anilines is 1. The normalized spacial score (nSPS) is 11.1. The number of amides is 1. The molecule has 29 heavy (non-hydrogen) atoms. The van der Waals surface area contributed by atoms with Crippen molar-refractivity contribution in [2.24, 2.45) is 0 Å². The van der Waals surface area contributed by atoms with Crippen LogP contribution in [0.25, 0.3) is 0 Å². The molecule has 150 valence electrons. The third kappa shape index (κ3) is 4.84. The number of nitrogens with zero attached hydrogens (tertiary/aromatic N) is 1. The zero-order valence-corrected chi connectivity index (χ0v) is 17.5. The first-order chi connectivity index (χ1) is 13.8. The van der Waals surface area contributed by atoms with Gasteiger partial charge in [-0.15, -0.1) is 0 Å². The predicted molar refractivity (Wildman–Crippen MR) is 115 cm³/mol. The number of carbonyl (C=O) groups excluding carboxylic acids is 1. The first kappa shape index (κ1) is 20.6. The second-order valence-corrected chi connectivity index (χ2v) is 8.71. The molecule has 0 fully saturated rings. The van der Waals surface area contributed by atoms with E-state index >= 15 is 0 Å². The molecule has 0 aliphatic rings. The van der Waals surface area contributed by atoms with Gasteiger partial charge in [-0.05, 0) is 60.9 Å². The summed E-state index contributed by atoms with van der Waals surface area (Å²) in [6.45, 7) is 4.33. The lowest BCUT2D eigenvalue weighted by molar-refractivity contribution is 0.0785. The minimum absolute atomic E-state index is 0.110. The highest BCUT2D eigenvalue weighted by atomic mass is 32.2. The predicted octanol–water partition coefficient (Wildman–Crippen LogP) is 4.38. The van der Waals surface area contributed by atoms with Crippen molar-refractivity contribution in [3.63, 3.8) is 0 Å². The largest absolute Gasteiger partial charge is 0.337 e. The van der Waals surface area contributed by atoms with E-state index in [1.165, 1.54) is 12.1 Å². The van der Waals surface area contributed by atoms with E-state index in [1.54, 1.807) is 36.2 Å². The lowest BCUT2D eigenvalue weighted by Gasteiger charge is -2.19. The average molecular weight is 409 g/mol. The van der Waals surface area contributed by atoms with E-state index in [9.17, 15) is 13.2 Å². The van der Waals surface area contributed by atoms with Crippen molar-refractivity contribution in [2.45, 2.75) is 25.3 Å². The average Bonchev–Trinajstić information content (AvgIpc) is 2.71. The summed E-state index contributed by atoms with van der Waals surface area (Å²) >= 11 is 0. The minimum atomic E-state index is -3.73. The van der Waals surface area contributed by atoms with Crippen LogP contribution in [-0.4, -0.2) is 26.3 Å². The van der Waals surface area contributed by atoms with E-state index in [0.717, 1.165) is 16.7 Å². The van der Waals surface area contributed by atoms with Crippen molar-refractivity contribution in [2.75, 3.05) is 11.8 Å². The van der Waals surface area contributed by atoms with Crippen LogP contribution in [0.15, 0.2) is 77.7 Å². The molecule has 3 aromatic carbocycles. The van der Waals surface area contributed by atoms with Gasteiger partial charge in [0.1, 0.15) is 0 Å². The van der Waals surface area contributed by atoms with Crippen LogP contribution in [0.5, 0.6) is 0 Å². The number of nitrogens with one attached hydrogen (secondary N) is 1. The van der Waals surface area contributed by atoms with Crippen LogP contribution in [0.1, 0.15) is 27.0 Å². The molecule has 0 radical (unpaired) electrons. The zero-order valence-electron chi connectivity index (χ0n) is 16.7. The molecule has 0 unspecified atom stereocenters. The molecule has 0 bridgehead atoms. The van der Waals surface area contributed by atoms with Crippen molar-refractivity contribution in [3.8, 4) is 0 Å². The molecule has 0 saturated heterocycles. The van der Waals surface area contributed by atoms with Gasteiger partial charge in [-0.2, -0.15) is 0 Å². The van der Waals surface area contributed by atoms with Crippen LogP contribution < -0.4 is 4.72 Å². The highest BCUT2D eigenvalue weighted by Gasteiger charge is 2.17. The Morgan fingerprint density at radius 1 is 0.862 bits per heavy atom. The number of sulfonamides is 1. The van der Waals surface area contributed by atoms with Crippen molar-refractivity contribution in [3.05, 3.63) is 95.1 Å². The van der Waals surface area contributed by atoms with Crippen LogP contribution in [0.2, 0.25) is 0 Å². The third-order valence-corrected chi connectivity index (χ3v) is 6.20. The van der Waals surface area contributed by atoms with Gasteiger partial charge in [0.05, 0.1) is 10.6 Å². The third-order valence-electron chi connectivity index (χ3n) is 4.82. The molecular weight excluding hydrogens is 384 g/mol. The molecule has 0 heterocycles. The molecule has 1 amide bonds. The highest BCUT2D eigenvalue weighted by molar-refractivity contribution is 7.92. The van der Waals surface area contributed by atoms with E-state index in [1.807, 2.05) is 50.2 Å². The maximum Gasteiger partial charge on any atom is 0.261 e. The summed E-state index contributed by atoms with van der Waals surface area (Å²) < 4.78 is 27.9. The Hall–Kier alpha value is -3.12. The molecule has 0 spiro atoms. The zero-order chi connectivity index (χ0) is 21.0. The Balaban J connectivity index is 1.74. The SMILES string of the molecule is Cc1ccccc1CN(C)C(=O)c1ccc(S(=O)(=O)Nc2ccccc2C)cc1. The van der Waals surface area contributed by atoms with Gasteiger partial charge in [0, 0.05) is 19.2 Å². The van der Waals surface area contributed by atoms with Gasteiger partial charge in [0.15, 0.2) is 0 Å². The number of benzene rings is 3. The summed E-state index contributed by atoms with van der Waals surface area (Å²) in [6, 6.07) is 21.1. The molecular formula is C23H24N2O3S.